The first kappa shape index (κ1) is 16.0. The van der Waals surface area contributed by atoms with E-state index in [9.17, 15) is 18.0 Å². The van der Waals surface area contributed by atoms with Gasteiger partial charge in [0.2, 0.25) is 0 Å². The summed E-state index contributed by atoms with van der Waals surface area (Å²) >= 11 is 0. The summed E-state index contributed by atoms with van der Waals surface area (Å²) in [5.41, 5.74) is 0.615. The number of hydrogen-bond acceptors (Lipinski definition) is 2. The second-order valence-electron chi connectivity index (χ2n) is 5.27. The molecule has 7 heteroatoms. The number of rotatable bonds is 3. The lowest BCUT2D eigenvalue weighted by Crippen LogP contribution is -2.05. The van der Waals surface area contributed by atoms with Crippen LogP contribution in [0.4, 0.5) is 13.2 Å². The van der Waals surface area contributed by atoms with Crippen molar-refractivity contribution in [2.24, 2.45) is 0 Å². The number of carbonyl (C=O) groups is 1. The summed E-state index contributed by atoms with van der Waals surface area (Å²) in [7, 11) is 0. The van der Waals surface area contributed by atoms with E-state index in [0.29, 0.717) is 23.4 Å². The molecular weight excluding hydrogens is 321 g/mol. The van der Waals surface area contributed by atoms with E-state index < -0.39 is 17.7 Å². The van der Waals surface area contributed by atoms with Gasteiger partial charge < -0.3 is 5.11 Å². The van der Waals surface area contributed by atoms with Gasteiger partial charge in [0.05, 0.1) is 22.2 Å². The van der Waals surface area contributed by atoms with Crippen molar-refractivity contribution in [3.8, 4) is 5.69 Å². The molecule has 24 heavy (non-hydrogen) atoms. The number of carboxylic acids is 1. The van der Waals surface area contributed by atoms with Crippen LogP contribution in [0.3, 0.4) is 0 Å². The van der Waals surface area contributed by atoms with E-state index >= 15 is 0 Å². The van der Waals surface area contributed by atoms with Gasteiger partial charge in [-0.15, -0.1) is 0 Å². The van der Waals surface area contributed by atoms with Crippen LogP contribution >= 0.6 is 0 Å². The maximum atomic E-state index is 12.9. The third-order valence-corrected chi connectivity index (χ3v) is 3.72. The highest BCUT2D eigenvalue weighted by atomic mass is 19.4. The average Bonchev–Trinajstić information content (AvgIpc) is 2.91. The minimum absolute atomic E-state index is 0.100. The molecular formula is C17H13F3N2O2. The molecule has 2 aromatic carbocycles. The van der Waals surface area contributed by atoms with Crippen LogP contribution in [0.25, 0.3) is 16.7 Å². The Bertz CT molecular complexity index is 929. The second-order valence-corrected chi connectivity index (χ2v) is 5.27. The Morgan fingerprint density at radius 2 is 1.96 bits per heavy atom. The first-order chi connectivity index (χ1) is 11.3. The molecule has 0 unspecified atom stereocenters. The van der Waals surface area contributed by atoms with E-state index in [-0.39, 0.29) is 11.1 Å². The third kappa shape index (κ3) is 2.73. The summed E-state index contributed by atoms with van der Waals surface area (Å²) in [6, 6.07) is 9.59. The Labute approximate surface area is 135 Å². The van der Waals surface area contributed by atoms with Crippen molar-refractivity contribution in [3.05, 3.63) is 59.4 Å². The number of halogens is 3. The van der Waals surface area contributed by atoms with Crippen molar-refractivity contribution >= 4 is 17.0 Å². The van der Waals surface area contributed by atoms with Gasteiger partial charge in [-0.05, 0) is 36.4 Å². The monoisotopic (exact) mass is 334 g/mol. The fraction of sp³-hybridized carbons (Fsp3) is 0.176. The van der Waals surface area contributed by atoms with Crippen LogP contribution in [0.5, 0.6) is 0 Å². The number of benzene rings is 2. The Morgan fingerprint density at radius 1 is 1.21 bits per heavy atom. The number of nitrogens with zero attached hydrogens (tertiary/aromatic N) is 2. The van der Waals surface area contributed by atoms with E-state index in [1.165, 1.54) is 18.2 Å². The standard InChI is InChI=1S/C17H13F3N2O2/c1-2-15-21-13-9-11(17(18,19)20)6-7-14(13)22(15)12-5-3-4-10(8-12)16(23)24/h3-9H,2H2,1H3,(H,23,24). The van der Waals surface area contributed by atoms with Gasteiger partial charge in [-0.3, -0.25) is 4.57 Å². The van der Waals surface area contributed by atoms with Gasteiger partial charge in [-0.25, -0.2) is 9.78 Å². The lowest BCUT2D eigenvalue weighted by Gasteiger charge is -2.10. The molecule has 1 aromatic heterocycles. The van der Waals surface area contributed by atoms with Crippen LogP contribution < -0.4 is 0 Å². The molecule has 0 aliphatic heterocycles. The third-order valence-electron chi connectivity index (χ3n) is 3.72. The molecule has 0 spiro atoms. The molecule has 3 aromatic rings. The van der Waals surface area contributed by atoms with E-state index in [1.807, 2.05) is 6.92 Å². The zero-order valence-electron chi connectivity index (χ0n) is 12.6. The molecule has 124 valence electrons. The molecule has 4 nitrogen and oxygen atoms in total. The second kappa shape index (κ2) is 5.67. The maximum Gasteiger partial charge on any atom is 0.416 e. The lowest BCUT2D eigenvalue weighted by molar-refractivity contribution is -0.137. The number of aromatic nitrogens is 2. The van der Waals surface area contributed by atoms with E-state index in [1.54, 1.807) is 16.7 Å². The quantitative estimate of drug-likeness (QED) is 0.777. The largest absolute Gasteiger partial charge is 0.478 e. The van der Waals surface area contributed by atoms with Gasteiger partial charge in [0.1, 0.15) is 5.82 Å². The predicted octanol–water partition coefficient (Wildman–Crippen LogP) is 4.30. The molecule has 1 heterocycles. The van der Waals surface area contributed by atoms with Crippen LogP contribution in [0, 0.1) is 0 Å². The molecule has 0 amide bonds. The highest BCUT2D eigenvalue weighted by molar-refractivity contribution is 5.88. The van der Waals surface area contributed by atoms with E-state index in [2.05, 4.69) is 4.98 Å². The maximum absolute atomic E-state index is 12.9. The SMILES string of the molecule is CCc1nc2cc(C(F)(F)F)ccc2n1-c1cccc(C(=O)O)c1. The number of aryl methyl sites for hydroxylation is 1. The van der Waals surface area contributed by atoms with Crippen molar-refractivity contribution in [1.82, 2.24) is 9.55 Å². The molecule has 0 saturated carbocycles. The lowest BCUT2D eigenvalue weighted by atomic mass is 10.1. The summed E-state index contributed by atoms with van der Waals surface area (Å²) in [5, 5.41) is 9.12. The first-order valence-corrected chi connectivity index (χ1v) is 7.23. The van der Waals surface area contributed by atoms with Crippen molar-refractivity contribution in [2.45, 2.75) is 19.5 Å². The number of hydrogen-bond donors (Lipinski definition) is 1. The van der Waals surface area contributed by atoms with Crippen molar-refractivity contribution in [3.63, 3.8) is 0 Å². The predicted molar refractivity (Wildman–Crippen MR) is 82.4 cm³/mol. The zero-order chi connectivity index (χ0) is 17.5. The van der Waals surface area contributed by atoms with E-state index in [0.717, 1.165) is 12.1 Å². The van der Waals surface area contributed by atoms with Gasteiger partial charge in [0.15, 0.2) is 0 Å². The molecule has 0 fully saturated rings. The Hall–Kier alpha value is -2.83. The first-order valence-electron chi connectivity index (χ1n) is 7.23. The number of carboxylic acid groups (broad SMARTS) is 1. The minimum atomic E-state index is -4.44. The molecule has 0 atom stereocenters. The summed E-state index contributed by atoms with van der Waals surface area (Å²) < 4.78 is 40.3. The fourth-order valence-corrected chi connectivity index (χ4v) is 2.61. The number of fused-ring (bicyclic) bond motifs is 1. The molecule has 3 rings (SSSR count). The summed E-state index contributed by atoms with van der Waals surface area (Å²) in [6.07, 6.45) is -3.94. The highest BCUT2D eigenvalue weighted by Crippen LogP contribution is 2.32. The van der Waals surface area contributed by atoms with Crippen molar-refractivity contribution in [1.29, 1.82) is 0 Å². The summed E-state index contributed by atoms with van der Waals surface area (Å²) in [4.78, 5) is 15.4. The normalized spacial score (nSPS) is 11.8. The number of aromatic carboxylic acids is 1. The Kier molecular flexibility index (Phi) is 3.79. The van der Waals surface area contributed by atoms with E-state index in [4.69, 9.17) is 5.11 Å². The highest BCUT2D eigenvalue weighted by Gasteiger charge is 2.31. The van der Waals surface area contributed by atoms with Crippen molar-refractivity contribution in [2.75, 3.05) is 0 Å². The zero-order valence-corrected chi connectivity index (χ0v) is 12.6. The smallest absolute Gasteiger partial charge is 0.416 e. The summed E-state index contributed by atoms with van der Waals surface area (Å²) in [5.74, 6) is -0.509. The van der Waals surface area contributed by atoms with Gasteiger partial charge in [-0.2, -0.15) is 13.2 Å². The molecule has 0 bridgehead atoms. The summed E-state index contributed by atoms with van der Waals surface area (Å²) in [6.45, 7) is 1.84. The van der Waals surface area contributed by atoms with Crippen molar-refractivity contribution < 1.29 is 23.1 Å². The molecule has 0 aliphatic carbocycles. The van der Waals surface area contributed by atoms with Gasteiger partial charge in [0.25, 0.3) is 0 Å². The van der Waals surface area contributed by atoms with Crippen LogP contribution in [0.2, 0.25) is 0 Å². The average molecular weight is 334 g/mol. The van der Waals surface area contributed by atoms with Crippen LogP contribution in [0.15, 0.2) is 42.5 Å². The fourth-order valence-electron chi connectivity index (χ4n) is 2.61. The Balaban J connectivity index is 2.24. The van der Waals surface area contributed by atoms with Gasteiger partial charge in [-0.1, -0.05) is 13.0 Å². The molecule has 0 radical (unpaired) electrons. The Morgan fingerprint density at radius 3 is 2.58 bits per heavy atom. The molecule has 0 aliphatic rings. The molecule has 0 saturated heterocycles. The van der Waals surface area contributed by atoms with Crippen LogP contribution in [-0.2, 0) is 12.6 Å². The number of imidazole rings is 1. The van der Waals surface area contributed by atoms with Crippen LogP contribution in [-0.4, -0.2) is 20.6 Å². The molecule has 1 N–H and O–H groups in total. The van der Waals surface area contributed by atoms with Crippen LogP contribution in [0.1, 0.15) is 28.7 Å². The minimum Gasteiger partial charge on any atom is -0.478 e. The number of alkyl halides is 3. The van der Waals surface area contributed by atoms with Gasteiger partial charge in [0, 0.05) is 12.1 Å². The topological polar surface area (TPSA) is 55.1 Å². The van der Waals surface area contributed by atoms with Gasteiger partial charge >= 0.3 is 12.1 Å².